The fourth-order valence-corrected chi connectivity index (χ4v) is 6.04. The predicted molar refractivity (Wildman–Crippen MR) is 196 cm³/mol. The molecule has 0 unspecified atom stereocenters. The van der Waals surface area contributed by atoms with E-state index in [0.717, 1.165) is 51.3 Å². The van der Waals surface area contributed by atoms with Crippen molar-refractivity contribution in [3.8, 4) is 5.75 Å². The highest BCUT2D eigenvalue weighted by molar-refractivity contribution is 5.97. The maximum atomic E-state index is 14.3. The van der Waals surface area contributed by atoms with Crippen LogP contribution in [0.1, 0.15) is 55.1 Å². The van der Waals surface area contributed by atoms with E-state index < -0.39 is 0 Å². The number of hydrogen-bond donors (Lipinski definition) is 3. The number of benzene rings is 5. The first-order valence-electron chi connectivity index (χ1n) is 16.5. The van der Waals surface area contributed by atoms with Crippen LogP contribution in [0.25, 0.3) is 11.0 Å². The fourth-order valence-electron chi connectivity index (χ4n) is 6.04. The average Bonchev–Trinajstić information content (AvgIpc) is 3.47. The topological polar surface area (TPSA) is 123 Å². The first-order chi connectivity index (χ1) is 23.8. The van der Waals surface area contributed by atoms with Crippen LogP contribution in [0.3, 0.4) is 0 Å². The number of amides is 1. The van der Waals surface area contributed by atoms with E-state index in [0.29, 0.717) is 43.7 Å². The van der Waals surface area contributed by atoms with Crippen molar-refractivity contribution in [2.75, 3.05) is 7.11 Å². The molecule has 0 radical (unpaired) electrons. The molecule has 0 saturated heterocycles. The highest BCUT2D eigenvalue weighted by atomic mass is 16.5. The third-order valence-electron chi connectivity index (χ3n) is 8.86. The molecule has 1 aromatic heterocycles. The van der Waals surface area contributed by atoms with Crippen molar-refractivity contribution in [3.63, 3.8) is 0 Å². The van der Waals surface area contributed by atoms with Gasteiger partial charge in [0.05, 0.1) is 18.1 Å². The Hall–Kier alpha value is -5.73. The highest BCUT2D eigenvalue weighted by Gasteiger charge is 2.20. The molecule has 1 heterocycles. The summed E-state index contributed by atoms with van der Waals surface area (Å²) in [5.41, 5.74) is 21.1. The zero-order chi connectivity index (χ0) is 34.3. The number of rotatable bonds is 13. The molecule has 0 aliphatic carbocycles. The van der Waals surface area contributed by atoms with E-state index in [1.54, 1.807) is 7.11 Å². The largest absolute Gasteiger partial charge is 0.497 e. The number of nitrogen functional groups attached to an aromatic ring is 1. The zero-order valence-corrected chi connectivity index (χ0v) is 28.0. The number of carbonyl (C=O) groups is 1. The van der Waals surface area contributed by atoms with Gasteiger partial charge in [0.2, 0.25) is 0 Å². The van der Waals surface area contributed by atoms with Crippen LogP contribution in [0.5, 0.6) is 5.75 Å². The number of hydrogen-bond acceptors (Lipinski definition) is 5. The Bertz CT molecular complexity index is 2070. The Balaban J connectivity index is 1.33. The van der Waals surface area contributed by atoms with Crippen LogP contribution in [0, 0.1) is 12.3 Å². The van der Waals surface area contributed by atoms with Gasteiger partial charge in [-0.3, -0.25) is 10.2 Å². The number of imidazole rings is 1. The molecule has 0 aliphatic heterocycles. The maximum Gasteiger partial charge on any atom is 0.254 e. The van der Waals surface area contributed by atoms with Gasteiger partial charge in [0, 0.05) is 43.7 Å². The van der Waals surface area contributed by atoms with E-state index in [1.807, 2.05) is 95.9 Å². The van der Waals surface area contributed by atoms with Crippen molar-refractivity contribution in [1.29, 1.82) is 5.41 Å². The Labute approximate surface area is 287 Å². The summed E-state index contributed by atoms with van der Waals surface area (Å²) in [4.78, 5) is 21.3. The normalized spacial score (nSPS) is 11.1. The van der Waals surface area contributed by atoms with Crippen molar-refractivity contribution in [2.24, 2.45) is 11.5 Å². The first-order valence-corrected chi connectivity index (χ1v) is 16.5. The average molecular weight is 651 g/mol. The van der Waals surface area contributed by atoms with Gasteiger partial charge in [-0.05, 0) is 71.5 Å². The number of nitrogens with one attached hydrogen (secondary N) is 1. The minimum Gasteiger partial charge on any atom is -0.497 e. The smallest absolute Gasteiger partial charge is 0.254 e. The van der Waals surface area contributed by atoms with Gasteiger partial charge in [-0.2, -0.15) is 0 Å². The van der Waals surface area contributed by atoms with E-state index in [-0.39, 0.29) is 11.7 Å². The molecular formula is C41H42N6O2. The second kappa shape index (κ2) is 15.0. The van der Waals surface area contributed by atoms with Crippen LogP contribution in [0.2, 0.25) is 0 Å². The molecule has 5 N–H and O–H groups in total. The summed E-state index contributed by atoms with van der Waals surface area (Å²) in [5, 5.41) is 7.70. The van der Waals surface area contributed by atoms with E-state index in [1.165, 1.54) is 11.1 Å². The van der Waals surface area contributed by atoms with Crippen molar-refractivity contribution in [2.45, 2.75) is 45.9 Å². The lowest BCUT2D eigenvalue weighted by Crippen LogP contribution is -2.30. The van der Waals surface area contributed by atoms with E-state index in [2.05, 4.69) is 35.8 Å². The second-order valence-corrected chi connectivity index (χ2v) is 12.4. The van der Waals surface area contributed by atoms with Gasteiger partial charge in [0.25, 0.3) is 5.91 Å². The summed E-state index contributed by atoms with van der Waals surface area (Å²) in [6, 6.07) is 38.1. The Morgan fingerprint density at radius 3 is 2.12 bits per heavy atom. The molecule has 6 rings (SSSR count). The molecule has 8 heteroatoms. The minimum atomic E-state index is -0.0761. The van der Waals surface area contributed by atoms with Gasteiger partial charge >= 0.3 is 0 Å². The summed E-state index contributed by atoms with van der Waals surface area (Å²) in [7, 11) is 1.65. The predicted octanol–water partition coefficient (Wildman–Crippen LogP) is 6.77. The zero-order valence-electron chi connectivity index (χ0n) is 28.0. The molecular weight excluding hydrogens is 608 g/mol. The third kappa shape index (κ3) is 8.05. The quantitative estimate of drug-likeness (QED) is 0.0940. The van der Waals surface area contributed by atoms with Crippen molar-refractivity contribution in [1.82, 2.24) is 14.5 Å². The van der Waals surface area contributed by atoms with Gasteiger partial charge in [-0.15, -0.1) is 0 Å². The van der Waals surface area contributed by atoms with Crippen LogP contribution in [0.15, 0.2) is 115 Å². The number of nitrogens with zero attached hydrogens (tertiary/aromatic N) is 3. The molecule has 0 fully saturated rings. The van der Waals surface area contributed by atoms with Crippen LogP contribution in [-0.2, 0) is 39.0 Å². The van der Waals surface area contributed by atoms with Gasteiger partial charge in [0.1, 0.15) is 17.4 Å². The number of ether oxygens (including phenoxy) is 1. The molecule has 5 aromatic carbocycles. The maximum absolute atomic E-state index is 14.3. The van der Waals surface area contributed by atoms with Crippen LogP contribution >= 0.6 is 0 Å². The number of aromatic nitrogens is 2. The lowest BCUT2D eigenvalue weighted by molar-refractivity contribution is 0.0730. The van der Waals surface area contributed by atoms with Crippen LogP contribution < -0.4 is 16.2 Å². The summed E-state index contributed by atoms with van der Waals surface area (Å²) < 4.78 is 7.71. The lowest BCUT2D eigenvalue weighted by Gasteiger charge is -2.24. The van der Waals surface area contributed by atoms with Crippen molar-refractivity contribution in [3.05, 3.63) is 166 Å². The molecule has 0 atom stereocenters. The van der Waals surface area contributed by atoms with Gasteiger partial charge in [0.15, 0.2) is 0 Å². The third-order valence-corrected chi connectivity index (χ3v) is 8.86. The Morgan fingerprint density at radius 2 is 1.43 bits per heavy atom. The molecule has 248 valence electrons. The number of fused-ring (bicyclic) bond motifs is 1. The van der Waals surface area contributed by atoms with E-state index in [9.17, 15) is 4.79 Å². The summed E-state index contributed by atoms with van der Waals surface area (Å²) >= 11 is 0. The number of methoxy groups -OCH3 is 1. The molecule has 6 aromatic rings. The van der Waals surface area contributed by atoms with Gasteiger partial charge in [-0.1, -0.05) is 90.5 Å². The number of carbonyl (C=O) groups excluding carboxylic acids is 1. The SMILES string of the molecule is COc1cccc(CN(Cc2ccc(CN)cc2)C(=O)c2ccc3c(c2)nc(CCc2ccc(C(=N)N)cc2)n3Cc2ccc(C)cc2)c1. The highest BCUT2D eigenvalue weighted by Crippen LogP contribution is 2.24. The summed E-state index contributed by atoms with van der Waals surface area (Å²) in [5.74, 6) is 1.68. The first kappa shape index (κ1) is 33.2. The van der Waals surface area contributed by atoms with E-state index >= 15 is 0 Å². The summed E-state index contributed by atoms with van der Waals surface area (Å²) in [6.07, 6.45) is 1.49. The van der Waals surface area contributed by atoms with Gasteiger partial charge < -0.3 is 25.7 Å². The molecule has 0 bridgehead atoms. The number of aryl methyl sites for hydroxylation is 3. The van der Waals surface area contributed by atoms with Crippen LogP contribution in [0.4, 0.5) is 0 Å². The number of amidine groups is 1. The molecule has 0 spiro atoms. The second-order valence-electron chi connectivity index (χ2n) is 12.4. The molecule has 0 saturated carbocycles. The molecule has 49 heavy (non-hydrogen) atoms. The van der Waals surface area contributed by atoms with Crippen molar-refractivity contribution >= 4 is 22.8 Å². The fraction of sp³-hybridized carbons (Fsp3) is 0.195. The monoisotopic (exact) mass is 650 g/mol. The Morgan fingerprint density at radius 1 is 0.776 bits per heavy atom. The van der Waals surface area contributed by atoms with E-state index in [4.69, 9.17) is 26.6 Å². The van der Waals surface area contributed by atoms with Crippen LogP contribution in [-0.4, -0.2) is 33.3 Å². The standard InChI is InChI=1S/C41H42N6O2/c1-28-6-8-32(9-7-28)27-47-38-20-19-35(23-37(38)45-39(47)21-16-29-14-17-34(18-15-29)40(43)44)41(48)46(25-31-12-10-30(24-42)11-13-31)26-33-4-3-5-36(22-33)49-2/h3-15,17-20,22-23H,16,21,24-27,42H2,1-2H3,(H3,43,44). The van der Waals surface area contributed by atoms with Gasteiger partial charge in [-0.25, -0.2) is 4.98 Å². The lowest BCUT2D eigenvalue weighted by atomic mass is 10.1. The van der Waals surface area contributed by atoms with Crippen molar-refractivity contribution < 1.29 is 9.53 Å². The number of nitrogens with two attached hydrogens (primary N) is 2. The molecule has 1 amide bonds. The summed E-state index contributed by atoms with van der Waals surface area (Å²) in [6.45, 7) is 4.09. The minimum absolute atomic E-state index is 0.0587. The molecule has 8 nitrogen and oxygen atoms in total. The molecule has 0 aliphatic rings. The Kier molecular flexibility index (Phi) is 10.2.